The van der Waals surface area contributed by atoms with E-state index in [0.29, 0.717) is 24.3 Å². The molecule has 6 amide bonds. The molecule has 46 heavy (non-hydrogen) atoms. The van der Waals surface area contributed by atoms with E-state index in [1.54, 1.807) is 0 Å². The summed E-state index contributed by atoms with van der Waals surface area (Å²) >= 11 is 0. The average molecular weight is 1050 g/mol. The minimum absolute atomic E-state index is 0. The Morgan fingerprint density at radius 1 is 0.457 bits per heavy atom. The molecular formula is C16H32N10O15Y5-10. The van der Waals surface area contributed by atoms with Crippen LogP contribution in [0.25, 0.3) is 56.0 Å². The van der Waals surface area contributed by atoms with Gasteiger partial charge in [0.2, 0.25) is 24.4 Å². The van der Waals surface area contributed by atoms with E-state index in [-0.39, 0.29) is 184 Å². The Balaban J connectivity index is -0.0000000117. The third-order valence-corrected chi connectivity index (χ3v) is 0.742. The number of methoxy groups -OCH3 is 4. The number of carbonyl (C=O) groups excluding carboxylic acids is 9. The summed E-state index contributed by atoms with van der Waals surface area (Å²) in [6, 6.07) is -1.33. The van der Waals surface area contributed by atoms with E-state index in [1.165, 1.54) is 0 Å². The molecule has 0 aliphatic heterocycles. The first-order valence-corrected chi connectivity index (χ1v) is 7.13. The molecule has 0 fully saturated rings. The third kappa shape index (κ3) is 1450. The number of isocyanates is 4. The van der Waals surface area contributed by atoms with Crippen molar-refractivity contribution < 1.29 is 236 Å². The molecule has 0 atom stereocenters. The standard InChI is InChI=1S/4C2H5NO2.CH3N2O.4CNO.CH4O.2CH4.H2O.5Y/c4*1-5-2(3)4;2-1(3)4;4*2-1-3;1-2;;;;;;;;/h4*1H3,(H2,3,4);(H3-,2,3,4);;;;;2H,1H3;2*1H4;1H2;;;;;/q;;;;5*-1;;;;;;;;;/p-5. The predicted molar refractivity (Wildman–Crippen MR) is 142 cm³/mol. The SMILES string of the molecule is C.C.CO.COC([NH-])=O.COC([NH-])=O.COC([NH-])=O.COC([NH-])=O.O.[N-]=C=O.[N-]=C=O.[N-]=C=O.[N-]=C=O.[NH-]C([NH-])=O.[Y].[Y].[Y].[Y].[Y]. The van der Waals surface area contributed by atoms with Gasteiger partial charge in [-0.05, 0) is 30.4 Å². The molecule has 0 saturated carbocycles. The molecule has 0 bridgehead atoms. The molecular weight excluding hydrogens is 1020 g/mol. The quantitative estimate of drug-likeness (QED) is 0.203. The number of aliphatic hydroxyl groups excluding tert-OH is 1. The number of aliphatic hydroxyl groups is 1. The number of urea groups is 1. The van der Waals surface area contributed by atoms with Gasteiger partial charge in [0.15, 0.2) is 0 Å². The van der Waals surface area contributed by atoms with Crippen molar-refractivity contribution in [2.45, 2.75) is 14.9 Å². The summed E-state index contributed by atoms with van der Waals surface area (Å²) in [5.41, 5.74) is 35.1. The Morgan fingerprint density at radius 2 is 0.478 bits per heavy atom. The maximum absolute atomic E-state index is 9.26. The van der Waals surface area contributed by atoms with Crippen molar-refractivity contribution in [3.05, 3.63) is 56.0 Å². The summed E-state index contributed by atoms with van der Waals surface area (Å²) in [6.07, 6.45) is -1.98. The van der Waals surface area contributed by atoms with Crippen LogP contribution in [-0.4, -0.2) is 101 Å². The van der Waals surface area contributed by atoms with E-state index in [2.05, 4.69) is 18.9 Å². The van der Waals surface area contributed by atoms with Crippen molar-refractivity contribution in [1.82, 2.24) is 0 Å². The van der Waals surface area contributed by atoms with Gasteiger partial charge in [-0.1, -0.05) is 14.9 Å². The van der Waals surface area contributed by atoms with E-state index in [1.807, 2.05) is 0 Å². The fourth-order valence-electron chi connectivity index (χ4n) is 0. The van der Waals surface area contributed by atoms with Crippen molar-refractivity contribution in [1.29, 1.82) is 0 Å². The van der Waals surface area contributed by atoms with Gasteiger partial charge < -0.3 is 90.4 Å². The first-order chi connectivity index (χ1) is 17.5. The summed E-state index contributed by atoms with van der Waals surface area (Å²) in [5.74, 6) is 0. The van der Waals surface area contributed by atoms with Crippen LogP contribution < -0.4 is 0 Å². The van der Waals surface area contributed by atoms with Gasteiger partial charge in [-0.2, -0.15) is 0 Å². The molecule has 0 spiro atoms. The third-order valence-electron chi connectivity index (χ3n) is 0.742. The Morgan fingerprint density at radius 3 is 0.478 bits per heavy atom. The Bertz CT molecular complexity index is 598. The normalized spacial score (nSPS) is 4.22. The van der Waals surface area contributed by atoms with E-state index < -0.39 is 30.4 Å². The molecule has 0 aromatic carbocycles. The molecule has 0 unspecified atom stereocenters. The van der Waals surface area contributed by atoms with Crippen molar-refractivity contribution in [2.75, 3.05) is 35.5 Å². The minimum atomic E-state index is -1.33. The number of ether oxygens (including phenoxy) is 4. The van der Waals surface area contributed by atoms with Crippen LogP contribution in [0.5, 0.6) is 0 Å². The Hall–Kier alpha value is -0.691. The maximum atomic E-state index is 9.26. The predicted octanol–water partition coefficient (Wildman–Crippen LogP) is 4.04. The van der Waals surface area contributed by atoms with Crippen LogP contribution in [0.4, 0.5) is 24.0 Å². The Kier molecular flexibility index (Phi) is 433. The molecule has 30 heteroatoms. The van der Waals surface area contributed by atoms with E-state index in [0.717, 1.165) is 35.5 Å². The van der Waals surface area contributed by atoms with Crippen LogP contribution >= 0.6 is 0 Å². The van der Waals surface area contributed by atoms with Crippen molar-refractivity contribution in [3.8, 4) is 0 Å². The monoisotopic (exact) mass is 1050 g/mol. The molecule has 261 valence electrons. The molecule has 0 heterocycles. The smallest absolute Gasteiger partial charge is 0.226 e. The number of nitrogens with zero attached hydrogens (tertiary/aromatic N) is 4. The second-order valence-electron chi connectivity index (χ2n) is 2.66. The van der Waals surface area contributed by atoms with Gasteiger partial charge in [0.05, 0.1) is 28.4 Å². The molecule has 0 aromatic heterocycles. The van der Waals surface area contributed by atoms with E-state index in [9.17, 15) is 19.2 Å². The average Bonchev–Trinajstić information content (AvgIpc) is 2.83. The van der Waals surface area contributed by atoms with Gasteiger partial charge in [0.25, 0.3) is 0 Å². The maximum Gasteiger partial charge on any atom is 0.226 e. The zero-order valence-electron chi connectivity index (χ0n) is 23.4. The molecule has 9 N–H and O–H groups in total. The van der Waals surface area contributed by atoms with Crippen LogP contribution in [0.1, 0.15) is 14.9 Å². The topological polar surface area (TPSA) is 474 Å². The number of rotatable bonds is 0. The fraction of sp³-hybridized carbons (Fsp3) is 0.438. The van der Waals surface area contributed by atoms with Gasteiger partial charge >= 0.3 is 0 Å². The first kappa shape index (κ1) is 119. The van der Waals surface area contributed by atoms with Gasteiger partial charge in [-0.15, -0.1) is 0 Å². The largest absolute Gasteiger partial charge is 0.724 e. The van der Waals surface area contributed by atoms with Crippen LogP contribution in [0.15, 0.2) is 0 Å². The van der Waals surface area contributed by atoms with Crippen LogP contribution in [0, 0.1) is 0 Å². The van der Waals surface area contributed by atoms with Crippen molar-refractivity contribution >= 4 is 54.7 Å². The summed E-state index contributed by atoms with van der Waals surface area (Å²) in [4.78, 5) is 78.8. The molecule has 0 saturated heterocycles. The number of nitrogens with one attached hydrogen (secondary N) is 6. The number of carbonyl (C=O) groups is 5. The number of hydrogen-bond donors (Lipinski definition) is 1. The van der Waals surface area contributed by atoms with Crippen LogP contribution in [0.2, 0.25) is 0 Å². The summed E-state index contributed by atoms with van der Waals surface area (Å²) in [6.45, 7) is 0. The number of amides is 6. The second-order valence-corrected chi connectivity index (χ2v) is 2.66. The molecule has 0 aromatic rings. The van der Waals surface area contributed by atoms with Gasteiger partial charge in [0, 0.05) is 171 Å². The van der Waals surface area contributed by atoms with E-state index in [4.69, 9.17) is 85.1 Å². The Labute approximate surface area is 391 Å². The van der Waals surface area contributed by atoms with Crippen molar-refractivity contribution in [3.63, 3.8) is 0 Å². The van der Waals surface area contributed by atoms with Crippen LogP contribution in [-0.2, 0) is 202 Å². The molecule has 5 radical (unpaired) electrons. The zero-order valence-corrected chi connectivity index (χ0v) is 37.6. The molecule has 0 rings (SSSR count). The summed E-state index contributed by atoms with van der Waals surface area (Å²) < 4.78 is 15.1. The molecule has 0 aliphatic rings. The van der Waals surface area contributed by atoms with Gasteiger partial charge in [0.1, 0.15) is 0 Å². The van der Waals surface area contributed by atoms with Gasteiger partial charge in [-0.3, -0.25) is 38.4 Å². The van der Waals surface area contributed by atoms with E-state index >= 15 is 0 Å². The van der Waals surface area contributed by atoms with Crippen LogP contribution in [0.3, 0.4) is 0 Å². The molecule has 0 aliphatic carbocycles. The summed E-state index contributed by atoms with van der Waals surface area (Å²) in [5, 5.41) is 34.1. The minimum Gasteiger partial charge on any atom is -0.724 e. The summed E-state index contributed by atoms with van der Waals surface area (Å²) in [7, 11) is 5.65. The van der Waals surface area contributed by atoms with Crippen molar-refractivity contribution in [2.24, 2.45) is 0 Å². The molecule has 25 nitrogen and oxygen atoms in total. The second kappa shape index (κ2) is 167. The fourth-order valence-corrected chi connectivity index (χ4v) is 0. The first-order valence-electron chi connectivity index (χ1n) is 7.13. The van der Waals surface area contributed by atoms with Gasteiger partial charge in [-0.25, -0.2) is 0 Å². The zero-order chi connectivity index (χ0) is 33.5. The number of hydrogen-bond acceptors (Lipinski definition) is 14.